The molecule has 4 rings (SSSR count). The molecule has 1 saturated heterocycles. The summed E-state index contributed by atoms with van der Waals surface area (Å²) < 4.78 is 0. The number of hydrogen-bond acceptors (Lipinski definition) is 7. The lowest BCUT2D eigenvalue weighted by Gasteiger charge is -2.36. The van der Waals surface area contributed by atoms with Crippen molar-refractivity contribution in [2.45, 2.75) is 0 Å². The molecule has 142 valence electrons. The van der Waals surface area contributed by atoms with Gasteiger partial charge in [0, 0.05) is 37.9 Å². The summed E-state index contributed by atoms with van der Waals surface area (Å²) in [6.45, 7) is 2.91. The number of carboxylic acids is 1. The summed E-state index contributed by atoms with van der Waals surface area (Å²) >= 11 is 0. The average molecular weight is 377 g/mol. The Bertz CT molecular complexity index is 1000. The van der Waals surface area contributed by atoms with E-state index >= 15 is 0 Å². The van der Waals surface area contributed by atoms with Gasteiger partial charge in [0.1, 0.15) is 11.6 Å². The van der Waals surface area contributed by atoms with E-state index in [1.807, 2.05) is 18.2 Å². The van der Waals surface area contributed by atoms with Crippen molar-refractivity contribution in [2.75, 3.05) is 36.0 Å². The fraction of sp³-hybridized carbons (Fsp3) is 0.200. The molecule has 8 nitrogen and oxygen atoms in total. The zero-order valence-electron chi connectivity index (χ0n) is 15.1. The number of phenols is 1. The van der Waals surface area contributed by atoms with Crippen LogP contribution in [0.1, 0.15) is 10.4 Å². The van der Waals surface area contributed by atoms with Crippen molar-refractivity contribution in [1.29, 1.82) is 0 Å². The second kappa shape index (κ2) is 7.51. The van der Waals surface area contributed by atoms with Crippen LogP contribution in [-0.4, -0.2) is 57.5 Å². The molecule has 0 aliphatic carbocycles. The SMILES string of the molecule is O=C(O)c1ccnc(N2CCN(c3cnnc(-c4ccccc4O)c3)CC2)c1. The Morgan fingerprint density at radius 2 is 1.75 bits per heavy atom. The minimum absolute atomic E-state index is 0.170. The Morgan fingerprint density at radius 3 is 2.50 bits per heavy atom. The third kappa shape index (κ3) is 3.57. The molecule has 1 aromatic carbocycles. The van der Waals surface area contributed by atoms with E-state index in [-0.39, 0.29) is 11.3 Å². The minimum Gasteiger partial charge on any atom is -0.507 e. The first kappa shape index (κ1) is 17.7. The maximum Gasteiger partial charge on any atom is 0.335 e. The molecule has 1 fully saturated rings. The Morgan fingerprint density at radius 1 is 1.00 bits per heavy atom. The van der Waals surface area contributed by atoms with Crippen LogP contribution in [0.4, 0.5) is 11.5 Å². The average Bonchev–Trinajstić information content (AvgIpc) is 2.74. The van der Waals surface area contributed by atoms with Gasteiger partial charge in [-0.2, -0.15) is 10.2 Å². The number of phenolic OH excluding ortho intramolecular Hbond substituents is 1. The number of aromatic hydroxyl groups is 1. The third-order valence-electron chi connectivity index (χ3n) is 4.78. The van der Waals surface area contributed by atoms with Crippen molar-refractivity contribution in [3.05, 3.63) is 60.4 Å². The molecule has 0 bridgehead atoms. The highest BCUT2D eigenvalue weighted by molar-refractivity contribution is 5.88. The van der Waals surface area contributed by atoms with Crippen LogP contribution in [0.15, 0.2) is 54.9 Å². The largest absolute Gasteiger partial charge is 0.507 e. The Balaban J connectivity index is 1.49. The van der Waals surface area contributed by atoms with Gasteiger partial charge in [-0.3, -0.25) is 0 Å². The number of para-hydroxylation sites is 1. The first-order chi connectivity index (χ1) is 13.6. The van der Waals surface area contributed by atoms with Gasteiger partial charge in [0.15, 0.2) is 0 Å². The fourth-order valence-electron chi connectivity index (χ4n) is 3.27. The van der Waals surface area contributed by atoms with Crippen LogP contribution in [-0.2, 0) is 0 Å². The molecule has 1 aliphatic rings. The Labute approximate surface area is 161 Å². The molecule has 0 atom stereocenters. The molecule has 0 radical (unpaired) electrons. The van der Waals surface area contributed by atoms with Crippen LogP contribution < -0.4 is 9.80 Å². The zero-order valence-corrected chi connectivity index (χ0v) is 15.1. The van der Waals surface area contributed by atoms with Crippen LogP contribution in [0.2, 0.25) is 0 Å². The second-order valence-corrected chi connectivity index (χ2v) is 6.50. The van der Waals surface area contributed by atoms with Crippen molar-refractivity contribution in [3.8, 4) is 17.0 Å². The lowest BCUT2D eigenvalue weighted by molar-refractivity contribution is 0.0696. The number of hydrogen-bond donors (Lipinski definition) is 2. The van der Waals surface area contributed by atoms with Gasteiger partial charge in [-0.15, -0.1) is 0 Å². The van der Waals surface area contributed by atoms with E-state index in [1.54, 1.807) is 24.4 Å². The van der Waals surface area contributed by atoms with Gasteiger partial charge in [0.05, 0.1) is 23.1 Å². The van der Waals surface area contributed by atoms with Gasteiger partial charge >= 0.3 is 5.97 Å². The predicted molar refractivity (Wildman–Crippen MR) is 105 cm³/mol. The fourth-order valence-corrected chi connectivity index (χ4v) is 3.27. The van der Waals surface area contributed by atoms with Gasteiger partial charge in [-0.05, 0) is 30.3 Å². The second-order valence-electron chi connectivity index (χ2n) is 6.50. The molecule has 3 aromatic rings. The van der Waals surface area contributed by atoms with Crippen LogP contribution in [0.25, 0.3) is 11.3 Å². The predicted octanol–water partition coefficient (Wildman–Crippen LogP) is 2.27. The normalized spacial score (nSPS) is 14.1. The number of carboxylic acid groups (broad SMARTS) is 1. The maximum atomic E-state index is 11.2. The van der Waals surface area contributed by atoms with Crippen molar-refractivity contribution in [1.82, 2.24) is 15.2 Å². The highest BCUT2D eigenvalue weighted by Crippen LogP contribution is 2.29. The number of anilines is 2. The van der Waals surface area contributed by atoms with E-state index in [1.165, 1.54) is 12.3 Å². The molecule has 28 heavy (non-hydrogen) atoms. The van der Waals surface area contributed by atoms with Gasteiger partial charge in [-0.1, -0.05) is 12.1 Å². The summed E-state index contributed by atoms with van der Waals surface area (Å²) in [5.74, 6) is -0.118. The molecular formula is C20H19N5O3. The van der Waals surface area contributed by atoms with E-state index < -0.39 is 5.97 Å². The molecule has 2 aromatic heterocycles. The summed E-state index contributed by atoms with van der Waals surface area (Å²) in [4.78, 5) is 19.7. The van der Waals surface area contributed by atoms with Crippen molar-refractivity contribution in [2.24, 2.45) is 0 Å². The lowest BCUT2D eigenvalue weighted by Crippen LogP contribution is -2.47. The van der Waals surface area contributed by atoms with E-state index in [4.69, 9.17) is 5.11 Å². The monoisotopic (exact) mass is 377 g/mol. The number of rotatable bonds is 4. The smallest absolute Gasteiger partial charge is 0.335 e. The number of pyridine rings is 1. The van der Waals surface area contributed by atoms with Crippen molar-refractivity contribution < 1.29 is 15.0 Å². The number of aromatic nitrogens is 3. The first-order valence-corrected chi connectivity index (χ1v) is 8.92. The third-order valence-corrected chi connectivity index (χ3v) is 4.78. The number of piperazine rings is 1. The molecule has 0 saturated carbocycles. The zero-order chi connectivity index (χ0) is 19.5. The molecule has 8 heteroatoms. The van der Waals surface area contributed by atoms with Gasteiger partial charge in [0.25, 0.3) is 0 Å². The van der Waals surface area contributed by atoms with Gasteiger partial charge in [0.2, 0.25) is 0 Å². The van der Waals surface area contributed by atoms with E-state index in [9.17, 15) is 9.90 Å². The lowest BCUT2D eigenvalue weighted by atomic mass is 10.1. The van der Waals surface area contributed by atoms with E-state index in [0.29, 0.717) is 30.2 Å². The Hall–Kier alpha value is -3.68. The van der Waals surface area contributed by atoms with Crippen molar-refractivity contribution >= 4 is 17.5 Å². The molecule has 2 N–H and O–H groups in total. The molecule has 0 spiro atoms. The minimum atomic E-state index is -0.957. The Kier molecular flexibility index (Phi) is 4.76. The summed E-state index contributed by atoms with van der Waals surface area (Å²) in [5, 5.41) is 27.4. The summed E-state index contributed by atoms with van der Waals surface area (Å²) in [6.07, 6.45) is 3.24. The molecule has 0 amide bonds. The highest BCUT2D eigenvalue weighted by Gasteiger charge is 2.20. The maximum absolute atomic E-state index is 11.2. The molecule has 1 aliphatic heterocycles. The number of carbonyl (C=O) groups is 1. The van der Waals surface area contributed by atoms with Crippen LogP contribution in [0.3, 0.4) is 0 Å². The molecule has 3 heterocycles. The number of nitrogens with zero attached hydrogens (tertiary/aromatic N) is 5. The molecule has 0 unspecified atom stereocenters. The standard InChI is InChI=1S/C20H19N5O3/c26-18-4-2-1-3-16(18)17-12-15(13-22-23-17)24-7-9-25(10-8-24)19-11-14(20(27)28)5-6-21-19/h1-6,11-13,26H,7-10H2,(H,27,28). The summed E-state index contributed by atoms with van der Waals surface area (Å²) in [6, 6.07) is 12.1. The summed E-state index contributed by atoms with van der Waals surface area (Å²) in [7, 11) is 0. The molecular weight excluding hydrogens is 358 g/mol. The van der Waals surface area contributed by atoms with E-state index in [2.05, 4.69) is 25.0 Å². The summed E-state index contributed by atoms with van der Waals surface area (Å²) in [5.41, 5.74) is 2.43. The quantitative estimate of drug-likeness (QED) is 0.714. The first-order valence-electron chi connectivity index (χ1n) is 8.92. The van der Waals surface area contributed by atoms with Gasteiger partial charge in [-0.25, -0.2) is 9.78 Å². The van der Waals surface area contributed by atoms with Crippen molar-refractivity contribution in [3.63, 3.8) is 0 Å². The number of aromatic carboxylic acids is 1. The van der Waals surface area contributed by atoms with Gasteiger partial charge < -0.3 is 20.0 Å². The topological polar surface area (TPSA) is 103 Å². The van der Waals surface area contributed by atoms with Crippen LogP contribution in [0.5, 0.6) is 5.75 Å². The van der Waals surface area contributed by atoms with Crippen LogP contribution in [0, 0.1) is 0 Å². The van der Waals surface area contributed by atoms with E-state index in [0.717, 1.165) is 18.8 Å². The highest BCUT2D eigenvalue weighted by atomic mass is 16.4. The number of benzene rings is 1. The van der Waals surface area contributed by atoms with Crippen LogP contribution >= 0.6 is 0 Å².